The molecule has 1 aliphatic rings. The Balaban J connectivity index is 1.85. The number of aliphatic hydroxyl groups is 1. The van der Waals surface area contributed by atoms with Crippen molar-refractivity contribution in [2.75, 3.05) is 0 Å². The monoisotopic (exact) mass is 245 g/mol. The molecule has 0 spiro atoms. The Morgan fingerprint density at radius 1 is 1.39 bits per heavy atom. The van der Waals surface area contributed by atoms with Crippen molar-refractivity contribution >= 4 is 0 Å². The van der Waals surface area contributed by atoms with Crippen LogP contribution in [-0.4, -0.2) is 20.8 Å². The molecule has 0 radical (unpaired) electrons. The van der Waals surface area contributed by atoms with Gasteiger partial charge in [-0.05, 0) is 24.5 Å². The van der Waals surface area contributed by atoms with Gasteiger partial charge in [-0.25, -0.2) is 0 Å². The standard InChI is InChI=1S/C13H15N3O2/c14-8-11-15-12(16-18-11)10-3-1-2-9(6-10)7-13(17)4-5-13/h1-3,6,17H,4-5,7-8,14H2. The average molecular weight is 245 g/mol. The summed E-state index contributed by atoms with van der Waals surface area (Å²) in [5, 5.41) is 13.8. The number of hydrogen-bond acceptors (Lipinski definition) is 5. The highest BCUT2D eigenvalue weighted by molar-refractivity contribution is 5.55. The molecule has 3 rings (SSSR count). The van der Waals surface area contributed by atoms with Gasteiger partial charge in [0.2, 0.25) is 11.7 Å². The first kappa shape index (κ1) is 11.4. The first-order valence-corrected chi connectivity index (χ1v) is 6.03. The summed E-state index contributed by atoms with van der Waals surface area (Å²) in [6, 6.07) is 7.85. The molecule has 18 heavy (non-hydrogen) atoms. The van der Waals surface area contributed by atoms with Crippen LogP contribution < -0.4 is 5.73 Å². The van der Waals surface area contributed by atoms with E-state index in [2.05, 4.69) is 10.1 Å². The summed E-state index contributed by atoms with van der Waals surface area (Å²) >= 11 is 0. The average Bonchev–Trinajstić information content (AvgIpc) is 2.94. The Morgan fingerprint density at radius 3 is 2.89 bits per heavy atom. The van der Waals surface area contributed by atoms with Crippen LogP contribution in [0.2, 0.25) is 0 Å². The summed E-state index contributed by atoms with van der Waals surface area (Å²) in [7, 11) is 0. The number of rotatable bonds is 4. The van der Waals surface area contributed by atoms with Crippen molar-refractivity contribution in [3.05, 3.63) is 35.7 Å². The van der Waals surface area contributed by atoms with Gasteiger partial charge >= 0.3 is 0 Å². The van der Waals surface area contributed by atoms with E-state index in [-0.39, 0.29) is 6.54 Å². The Hall–Kier alpha value is -1.72. The Morgan fingerprint density at radius 2 is 2.22 bits per heavy atom. The van der Waals surface area contributed by atoms with E-state index in [9.17, 15) is 5.11 Å². The SMILES string of the molecule is NCc1nc(-c2cccc(CC3(O)CC3)c2)no1. The molecule has 2 aromatic rings. The van der Waals surface area contributed by atoms with Gasteiger partial charge in [-0.3, -0.25) is 0 Å². The molecule has 94 valence electrons. The highest BCUT2D eigenvalue weighted by Crippen LogP contribution is 2.38. The number of nitrogens with two attached hydrogens (primary N) is 1. The minimum Gasteiger partial charge on any atom is -0.390 e. The first-order chi connectivity index (χ1) is 8.68. The molecule has 0 atom stereocenters. The number of benzene rings is 1. The zero-order valence-corrected chi connectivity index (χ0v) is 9.97. The molecule has 1 heterocycles. The molecule has 0 saturated heterocycles. The Labute approximate surface area is 105 Å². The van der Waals surface area contributed by atoms with E-state index in [0.717, 1.165) is 24.0 Å². The van der Waals surface area contributed by atoms with Gasteiger partial charge in [-0.1, -0.05) is 23.4 Å². The lowest BCUT2D eigenvalue weighted by atomic mass is 10.0. The van der Waals surface area contributed by atoms with Gasteiger partial charge in [0, 0.05) is 12.0 Å². The van der Waals surface area contributed by atoms with Crippen molar-refractivity contribution in [2.45, 2.75) is 31.4 Å². The summed E-state index contributed by atoms with van der Waals surface area (Å²) in [6.07, 6.45) is 2.45. The zero-order chi connectivity index (χ0) is 12.6. The predicted octanol–water partition coefficient (Wildman–Crippen LogP) is 1.26. The lowest BCUT2D eigenvalue weighted by Crippen LogP contribution is -2.10. The molecule has 0 unspecified atom stereocenters. The van der Waals surface area contributed by atoms with Gasteiger partial charge in [0.05, 0.1) is 12.1 Å². The van der Waals surface area contributed by atoms with Crippen LogP contribution >= 0.6 is 0 Å². The van der Waals surface area contributed by atoms with Gasteiger partial charge < -0.3 is 15.4 Å². The van der Waals surface area contributed by atoms with Gasteiger partial charge in [-0.2, -0.15) is 4.98 Å². The predicted molar refractivity (Wildman–Crippen MR) is 65.5 cm³/mol. The second kappa shape index (κ2) is 4.19. The number of hydrogen-bond donors (Lipinski definition) is 2. The fourth-order valence-corrected chi connectivity index (χ4v) is 1.98. The van der Waals surface area contributed by atoms with E-state index in [4.69, 9.17) is 10.3 Å². The van der Waals surface area contributed by atoms with Crippen LogP contribution in [0.25, 0.3) is 11.4 Å². The second-order valence-electron chi connectivity index (χ2n) is 4.82. The van der Waals surface area contributed by atoms with Gasteiger partial charge in [0.15, 0.2) is 0 Å². The van der Waals surface area contributed by atoms with Crippen LogP contribution in [0.5, 0.6) is 0 Å². The minimum absolute atomic E-state index is 0.243. The third kappa shape index (κ3) is 2.27. The van der Waals surface area contributed by atoms with Crippen molar-refractivity contribution in [3.63, 3.8) is 0 Å². The maximum atomic E-state index is 9.92. The van der Waals surface area contributed by atoms with Gasteiger partial charge in [0.25, 0.3) is 0 Å². The third-order valence-corrected chi connectivity index (χ3v) is 3.19. The molecule has 1 aliphatic carbocycles. The molecular weight excluding hydrogens is 230 g/mol. The molecule has 1 aromatic carbocycles. The molecule has 1 aromatic heterocycles. The highest BCUT2D eigenvalue weighted by atomic mass is 16.5. The van der Waals surface area contributed by atoms with E-state index in [1.807, 2.05) is 24.3 Å². The Kier molecular flexibility index (Phi) is 2.65. The van der Waals surface area contributed by atoms with Crippen LogP contribution in [0, 0.1) is 0 Å². The van der Waals surface area contributed by atoms with Crippen molar-refractivity contribution < 1.29 is 9.63 Å². The zero-order valence-electron chi connectivity index (χ0n) is 9.97. The normalized spacial score (nSPS) is 16.8. The van der Waals surface area contributed by atoms with E-state index >= 15 is 0 Å². The van der Waals surface area contributed by atoms with Crippen molar-refractivity contribution in [2.24, 2.45) is 5.73 Å². The van der Waals surface area contributed by atoms with E-state index < -0.39 is 5.60 Å². The molecule has 5 heteroatoms. The fraction of sp³-hybridized carbons (Fsp3) is 0.385. The van der Waals surface area contributed by atoms with Crippen LogP contribution in [0.15, 0.2) is 28.8 Å². The maximum absolute atomic E-state index is 9.92. The molecular formula is C13H15N3O2. The van der Waals surface area contributed by atoms with E-state index in [1.54, 1.807) is 0 Å². The fourth-order valence-electron chi connectivity index (χ4n) is 1.98. The molecule has 0 aliphatic heterocycles. The van der Waals surface area contributed by atoms with E-state index in [0.29, 0.717) is 18.1 Å². The number of nitrogens with zero attached hydrogens (tertiary/aromatic N) is 2. The minimum atomic E-state index is -0.488. The molecule has 5 nitrogen and oxygen atoms in total. The van der Waals surface area contributed by atoms with Crippen LogP contribution in [0.4, 0.5) is 0 Å². The maximum Gasteiger partial charge on any atom is 0.240 e. The second-order valence-corrected chi connectivity index (χ2v) is 4.82. The number of aromatic nitrogens is 2. The van der Waals surface area contributed by atoms with Gasteiger partial charge in [0.1, 0.15) is 0 Å². The molecule has 0 amide bonds. The largest absolute Gasteiger partial charge is 0.390 e. The highest BCUT2D eigenvalue weighted by Gasteiger charge is 2.40. The van der Waals surface area contributed by atoms with Gasteiger partial charge in [-0.15, -0.1) is 0 Å². The summed E-state index contributed by atoms with van der Waals surface area (Å²) < 4.78 is 4.99. The van der Waals surface area contributed by atoms with Crippen molar-refractivity contribution in [1.29, 1.82) is 0 Å². The molecule has 0 bridgehead atoms. The quantitative estimate of drug-likeness (QED) is 0.847. The Bertz CT molecular complexity index is 561. The van der Waals surface area contributed by atoms with Crippen LogP contribution in [-0.2, 0) is 13.0 Å². The molecule has 1 fully saturated rings. The first-order valence-electron chi connectivity index (χ1n) is 6.03. The summed E-state index contributed by atoms with van der Waals surface area (Å²) in [5.41, 5.74) is 6.92. The molecule has 3 N–H and O–H groups in total. The summed E-state index contributed by atoms with van der Waals surface area (Å²) in [5.74, 6) is 0.969. The topological polar surface area (TPSA) is 85.2 Å². The summed E-state index contributed by atoms with van der Waals surface area (Å²) in [6.45, 7) is 0.243. The summed E-state index contributed by atoms with van der Waals surface area (Å²) in [4.78, 5) is 4.19. The molecule has 1 saturated carbocycles. The lowest BCUT2D eigenvalue weighted by Gasteiger charge is -2.07. The smallest absolute Gasteiger partial charge is 0.240 e. The third-order valence-electron chi connectivity index (χ3n) is 3.19. The van der Waals surface area contributed by atoms with Crippen molar-refractivity contribution in [1.82, 2.24) is 10.1 Å². The van der Waals surface area contributed by atoms with E-state index in [1.165, 1.54) is 0 Å². The van der Waals surface area contributed by atoms with Crippen LogP contribution in [0.1, 0.15) is 24.3 Å². The van der Waals surface area contributed by atoms with Crippen molar-refractivity contribution in [3.8, 4) is 11.4 Å². The van der Waals surface area contributed by atoms with Crippen LogP contribution in [0.3, 0.4) is 0 Å². The lowest BCUT2D eigenvalue weighted by molar-refractivity contribution is 0.151.